The van der Waals surface area contributed by atoms with Gasteiger partial charge >= 0.3 is 5.97 Å². The second-order valence-electron chi connectivity index (χ2n) is 5.95. The summed E-state index contributed by atoms with van der Waals surface area (Å²) in [5, 5.41) is 0. The fourth-order valence-corrected chi connectivity index (χ4v) is 4.05. The lowest BCUT2D eigenvalue weighted by Crippen LogP contribution is -2.34. The molecule has 1 aromatic carbocycles. The summed E-state index contributed by atoms with van der Waals surface area (Å²) in [6.45, 7) is 4.19. The van der Waals surface area contributed by atoms with Crippen LogP contribution in [0.4, 0.5) is 0 Å². The maximum Gasteiger partial charge on any atom is 0.338 e. The van der Waals surface area contributed by atoms with E-state index in [0.717, 1.165) is 19.3 Å². The van der Waals surface area contributed by atoms with Crippen molar-refractivity contribution in [1.82, 2.24) is 0 Å². The third-order valence-corrected chi connectivity index (χ3v) is 5.39. The molecule has 0 heterocycles. The molecule has 21 heavy (non-hydrogen) atoms. The van der Waals surface area contributed by atoms with Crippen molar-refractivity contribution in [2.24, 2.45) is 11.3 Å². The normalized spacial score (nSPS) is 30.0. The van der Waals surface area contributed by atoms with E-state index in [2.05, 4.69) is 13.8 Å². The standard InChI is InChI=1S/C16H22O4S/c1-3-16(2)10-9-14(13(16)11-21(18)19)20-15(17)12-7-5-4-6-8-12/h4-8,13-14H,3,9-11H2,1-2H3,(H,18,19). The van der Waals surface area contributed by atoms with Crippen LogP contribution in [-0.4, -0.2) is 26.6 Å². The summed E-state index contributed by atoms with van der Waals surface area (Å²) >= 11 is -1.87. The van der Waals surface area contributed by atoms with Crippen LogP contribution in [0.5, 0.6) is 0 Å². The molecule has 0 aromatic heterocycles. The predicted octanol–water partition coefficient (Wildman–Crippen LogP) is 3.26. The van der Waals surface area contributed by atoms with Crippen LogP contribution >= 0.6 is 0 Å². The number of rotatable bonds is 5. The van der Waals surface area contributed by atoms with Gasteiger partial charge in [-0.25, -0.2) is 9.00 Å². The second kappa shape index (κ2) is 6.71. The van der Waals surface area contributed by atoms with E-state index < -0.39 is 11.1 Å². The zero-order chi connectivity index (χ0) is 15.5. The quantitative estimate of drug-likeness (QED) is 0.670. The molecule has 4 nitrogen and oxygen atoms in total. The van der Waals surface area contributed by atoms with Gasteiger partial charge in [0.1, 0.15) is 6.10 Å². The van der Waals surface area contributed by atoms with E-state index in [-0.39, 0.29) is 29.2 Å². The first-order valence-corrected chi connectivity index (χ1v) is 8.57. The molecule has 2 rings (SSSR count). The van der Waals surface area contributed by atoms with Crippen LogP contribution < -0.4 is 0 Å². The number of benzene rings is 1. The lowest BCUT2D eigenvalue weighted by atomic mass is 9.78. The topological polar surface area (TPSA) is 63.6 Å². The van der Waals surface area contributed by atoms with Gasteiger partial charge in [-0.05, 0) is 30.4 Å². The van der Waals surface area contributed by atoms with Crippen LogP contribution in [0.25, 0.3) is 0 Å². The van der Waals surface area contributed by atoms with Crippen molar-refractivity contribution in [3.63, 3.8) is 0 Å². The highest BCUT2D eigenvalue weighted by molar-refractivity contribution is 7.79. The molecule has 1 aliphatic rings. The molecule has 4 unspecified atom stereocenters. The first-order chi connectivity index (χ1) is 9.96. The maximum atomic E-state index is 12.2. The second-order valence-corrected chi connectivity index (χ2v) is 6.93. The molecule has 0 amide bonds. The molecule has 0 radical (unpaired) electrons. The van der Waals surface area contributed by atoms with E-state index in [0.29, 0.717) is 5.56 Å². The first kappa shape index (κ1) is 16.2. The molecule has 0 spiro atoms. The Morgan fingerprint density at radius 3 is 2.67 bits per heavy atom. The molecule has 5 heteroatoms. The number of esters is 1. The Morgan fingerprint density at radius 2 is 2.10 bits per heavy atom. The van der Waals surface area contributed by atoms with Crippen molar-refractivity contribution in [2.45, 2.75) is 39.2 Å². The van der Waals surface area contributed by atoms with Gasteiger partial charge in [-0.2, -0.15) is 0 Å². The van der Waals surface area contributed by atoms with E-state index in [9.17, 15) is 13.6 Å². The highest BCUT2D eigenvalue weighted by Gasteiger charge is 2.46. The number of hydrogen-bond acceptors (Lipinski definition) is 3. The lowest BCUT2D eigenvalue weighted by molar-refractivity contribution is 0.0144. The zero-order valence-electron chi connectivity index (χ0n) is 12.5. The van der Waals surface area contributed by atoms with E-state index in [1.54, 1.807) is 24.3 Å². The van der Waals surface area contributed by atoms with E-state index in [1.165, 1.54) is 0 Å². The van der Waals surface area contributed by atoms with Crippen LogP contribution in [0.3, 0.4) is 0 Å². The van der Waals surface area contributed by atoms with Crippen molar-refractivity contribution in [3.8, 4) is 0 Å². The smallest absolute Gasteiger partial charge is 0.338 e. The van der Waals surface area contributed by atoms with Gasteiger partial charge in [-0.1, -0.05) is 38.5 Å². The minimum atomic E-state index is -1.87. The monoisotopic (exact) mass is 310 g/mol. The van der Waals surface area contributed by atoms with Gasteiger partial charge in [-0.15, -0.1) is 0 Å². The summed E-state index contributed by atoms with van der Waals surface area (Å²) in [7, 11) is 0. The Balaban J connectivity index is 2.11. The largest absolute Gasteiger partial charge is 0.458 e. The molecule has 0 aliphatic heterocycles. The van der Waals surface area contributed by atoms with E-state index >= 15 is 0 Å². The van der Waals surface area contributed by atoms with Crippen molar-refractivity contribution in [3.05, 3.63) is 35.9 Å². The average Bonchev–Trinajstić information content (AvgIpc) is 2.77. The van der Waals surface area contributed by atoms with E-state index in [1.807, 2.05) is 6.07 Å². The molecule has 1 aromatic rings. The number of carbonyl (C=O) groups excluding carboxylic acids is 1. The van der Waals surface area contributed by atoms with Crippen LogP contribution in [0.1, 0.15) is 43.5 Å². The van der Waals surface area contributed by atoms with Crippen molar-refractivity contribution >= 4 is 17.0 Å². The first-order valence-electron chi connectivity index (χ1n) is 7.30. The molecular weight excluding hydrogens is 288 g/mol. The highest BCUT2D eigenvalue weighted by atomic mass is 32.2. The lowest BCUT2D eigenvalue weighted by Gasteiger charge is -2.32. The Labute approximate surface area is 128 Å². The maximum absolute atomic E-state index is 12.2. The number of hydrogen-bond donors (Lipinski definition) is 1. The van der Waals surface area contributed by atoms with Gasteiger partial charge in [0.15, 0.2) is 11.1 Å². The summed E-state index contributed by atoms with van der Waals surface area (Å²) in [4.78, 5) is 12.2. The van der Waals surface area contributed by atoms with Gasteiger partial charge < -0.3 is 9.29 Å². The molecule has 116 valence electrons. The molecule has 1 fully saturated rings. The highest BCUT2D eigenvalue weighted by Crippen LogP contribution is 2.47. The molecule has 0 saturated heterocycles. The summed E-state index contributed by atoms with van der Waals surface area (Å²) in [5.41, 5.74) is 0.478. The zero-order valence-corrected chi connectivity index (χ0v) is 13.3. The van der Waals surface area contributed by atoms with Crippen LogP contribution in [-0.2, 0) is 15.8 Å². The Kier molecular flexibility index (Phi) is 5.17. The average molecular weight is 310 g/mol. The Morgan fingerprint density at radius 1 is 1.43 bits per heavy atom. The summed E-state index contributed by atoms with van der Waals surface area (Å²) in [5.74, 6) is -0.257. The number of ether oxygens (including phenoxy) is 1. The molecule has 0 bridgehead atoms. The Hall–Kier alpha value is -1.20. The SMILES string of the molecule is CCC1(C)CCC(OC(=O)c2ccccc2)C1CS(=O)O. The van der Waals surface area contributed by atoms with Gasteiger partial charge in [0, 0.05) is 5.92 Å². The van der Waals surface area contributed by atoms with E-state index in [4.69, 9.17) is 4.74 Å². The minimum Gasteiger partial charge on any atom is -0.458 e. The predicted molar refractivity (Wildman–Crippen MR) is 82.4 cm³/mol. The van der Waals surface area contributed by atoms with Gasteiger partial charge in [0.05, 0.1) is 11.3 Å². The molecule has 4 atom stereocenters. The summed E-state index contributed by atoms with van der Waals surface area (Å²) in [6, 6.07) is 8.87. The van der Waals surface area contributed by atoms with Crippen molar-refractivity contribution in [1.29, 1.82) is 0 Å². The summed E-state index contributed by atoms with van der Waals surface area (Å²) < 4.78 is 26.1. The van der Waals surface area contributed by atoms with Crippen LogP contribution in [0.15, 0.2) is 30.3 Å². The van der Waals surface area contributed by atoms with Crippen molar-refractivity contribution < 1.29 is 18.3 Å². The van der Waals surface area contributed by atoms with Crippen LogP contribution in [0, 0.1) is 11.3 Å². The van der Waals surface area contributed by atoms with Crippen molar-refractivity contribution in [2.75, 3.05) is 5.75 Å². The number of carbonyl (C=O) groups is 1. The van der Waals surface area contributed by atoms with Crippen LogP contribution in [0.2, 0.25) is 0 Å². The van der Waals surface area contributed by atoms with Gasteiger partial charge in [-0.3, -0.25) is 0 Å². The Bertz CT molecular complexity index is 516. The third-order valence-electron chi connectivity index (χ3n) is 4.74. The molecule has 1 N–H and O–H groups in total. The summed E-state index contributed by atoms with van der Waals surface area (Å²) in [6.07, 6.45) is 2.30. The van der Waals surface area contributed by atoms with Gasteiger partial charge in [0.25, 0.3) is 0 Å². The minimum absolute atomic E-state index is 0.0416. The third kappa shape index (κ3) is 3.71. The fraction of sp³-hybridized carbons (Fsp3) is 0.562. The molecule has 1 aliphatic carbocycles. The van der Waals surface area contributed by atoms with Gasteiger partial charge in [0.2, 0.25) is 0 Å². The molecular formula is C16H22O4S. The fourth-order valence-electron chi connectivity index (χ4n) is 3.13. The molecule has 1 saturated carbocycles.